The van der Waals surface area contributed by atoms with Crippen LogP contribution in [0.1, 0.15) is 25.0 Å². The molecule has 26 heavy (non-hydrogen) atoms. The molecule has 0 aliphatic heterocycles. The van der Waals surface area contributed by atoms with E-state index in [-0.39, 0.29) is 27.1 Å². The second kappa shape index (κ2) is 7.98. The normalized spacial score (nSPS) is 11.8. The number of benzene rings is 1. The van der Waals surface area contributed by atoms with E-state index in [4.69, 9.17) is 23.2 Å². The Morgan fingerprint density at radius 3 is 2.31 bits per heavy atom. The SMILES string of the molecule is CCN(/C=N/c1c(C#N)cnn1-c1c(Cl)cc(C(F)(F)F)cc1Cl)CC. The summed E-state index contributed by atoms with van der Waals surface area (Å²) < 4.78 is 39.8. The van der Waals surface area contributed by atoms with Gasteiger partial charge in [0.25, 0.3) is 0 Å². The molecule has 0 aliphatic carbocycles. The molecule has 0 aliphatic rings. The minimum absolute atomic E-state index is 0.0227. The topological polar surface area (TPSA) is 57.2 Å². The van der Waals surface area contributed by atoms with Gasteiger partial charge in [0, 0.05) is 13.1 Å². The van der Waals surface area contributed by atoms with Gasteiger partial charge in [0.15, 0.2) is 5.82 Å². The van der Waals surface area contributed by atoms with Gasteiger partial charge in [-0.15, -0.1) is 0 Å². The molecule has 0 fully saturated rings. The van der Waals surface area contributed by atoms with Crippen molar-refractivity contribution < 1.29 is 13.2 Å². The molecule has 0 unspecified atom stereocenters. The van der Waals surface area contributed by atoms with Crippen LogP contribution in [0.15, 0.2) is 23.3 Å². The number of hydrogen-bond donors (Lipinski definition) is 0. The molecule has 5 nitrogen and oxygen atoms in total. The number of halogens is 5. The highest BCUT2D eigenvalue weighted by Crippen LogP contribution is 2.39. The fourth-order valence-electron chi connectivity index (χ4n) is 2.16. The van der Waals surface area contributed by atoms with E-state index in [9.17, 15) is 18.4 Å². The zero-order chi connectivity index (χ0) is 19.5. The lowest BCUT2D eigenvalue weighted by Gasteiger charge is -2.15. The second-order valence-corrected chi connectivity index (χ2v) is 5.97. The Bertz CT molecular complexity index is 841. The minimum atomic E-state index is -4.59. The summed E-state index contributed by atoms with van der Waals surface area (Å²) in [6.07, 6.45) is -1.81. The van der Waals surface area contributed by atoms with Crippen LogP contribution in [0, 0.1) is 11.3 Å². The van der Waals surface area contributed by atoms with Crippen LogP contribution in [-0.4, -0.2) is 34.1 Å². The summed E-state index contributed by atoms with van der Waals surface area (Å²) in [4.78, 5) is 6.12. The largest absolute Gasteiger partial charge is 0.416 e. The van der Waals surface area contributed by atoms with Crippen LogP contribution in [-0.2, 0) is 6.18 Å². The molecular weight excluding hydrogens is 390 g/mol. The number of nitrogens with zero attached hydrogens (tertiary/aromatic N) is 5. The van der Waals surface area contributed by atoms with Crippen LogP contribution in [0.2, 0.25) is 10.0 Å². The van der Waals surface area contributed by atoms with Gasteiger partial charge in [0.1, 0.15) is 17.3 Å². The zero-order valence-corrected chi connectivity index (χ0v) is 15.4. The second-order valence-electron chi connectivity index (χ2n) is 5.16. The van der Waals surface area contributed by atoms with Crippen molar-refractivity contribution in [3.63, 3.8) is 0 Å². The number of nitriles is 1. The number of alkyl halides is 3. The van der Waals surface area contributed by atoms with E-state index in [1.165, 1.54) is 12.5 Å². The van der Waals surface area contributed by atoms with Gasteiger partial charge in [0.2, 0.25) is 0 Å². The predicted octanol–water partition coefficient (Wildman–Crippen LogP) is 5.07. The van der Waals surface area contributed by atoms with Crippen molar-refractivity contribution in [3.8, 4) is 11.8 Å². The number of rotatable bonds is 5. The summed E-state index contributed by atoms with van der Waals surface area (Å²) in [7, 11) is 0. The van der Waals surface area contributed by atoms with E-state index in [0.717, 1.165) is 16.8 Å². The van der Waals surface area contributed by atoms with Crippen molar-refractivity contribution in [1.29, 1.82) is 5.26 Å². The van der Waals surface area contributed by atoms with Crippen LogP contribution in [0.4, 0.5) is 19.0 Å². The molecule has 2 aromatic rings. The quantitative estimate of drug-likeness (QED) is 0.517. The molecule has 1 aromatic heterocycles. The van der Waals surface area contributed by atoms with Gasteiger partial charge in [-0.2, -0.15) is 23.5 Å². The minimum Gasteiger partial charge on any atom is -0.363 e. The van der Waals surface area contributed by atoms with Gasteiger partial charge in [0.05, 0.1) is 28.1 Å². The van der Waals surface area contributed by atoms with Gasteiger partial charge in [-0.05, 0) is 26.0 Å². The average Bonchev–Trinajstić information content (AvgIpc) is 2.97. The highest BCUT2D eigenvalue weighted by Gasteiger charge is 2.32. The monoisotopic (exact) mass is 403 g/mol. The van der Waals surface area contributed by atoms with E-state index in [2.05, 4.69) is 10.1 Å². The van der Waals surface area contributed by atoms with Crippen LogP contribution in [0.5, 0.6) is 0 Å². The maximum atomic E-state index is 12.9. The number of hydrogen-bond acceptors (Lipinski definition) is 3. The first kappa shape index (κ1) is 20.1. The van der Waals surface area contributed by atoms with Crippen LogP contribution >= 0.6 is 23.2 Å². The van der Waals surface area contributed by atoms with Crippen molar-refractivity contribution in [2.24, 2.45) is 4.99 Å². The van der Waals surface area contributed by atoms with Crippen molar-refractivity contribution in [3.05, 3.63) is 39.5 Å². The lowest BCUT2D eigenvalue weighted by Crippen LogP contribution is -2.20. The Labute approximate surface area is 158 Å². The van der Waals surface area contributed by atoms with E-state index in [1.54, 1.807) is 0 Å². The smallest absolute Gasteiger partial charge is 0.363 e. The van der Waals surface area contributed by atoms with Crippen molar-refractivity contribution in [1.82, 2.24) is 14.7 Å². The van der Waals surface area contributed by atoms with Crippen molar-refractivity contribution in [2.75, 3.05) is 13.1 Å². The molecular formula is C16H14Cl2F3N5. The number of aromatic nitrogens is 2. The summed E-state index contributed by atoms with van der Waals surface area (Å²) in [6, 6.07) is 3.45. The lowest BCUT2D eigenvalue weighted by molar-refractivity contribution is -0.137. The Balaban J connectivity index is 2.60. The first-order valence-electron chi connectivity index (χ1n) is 7.55. The van der Waals surface area contributed by atoms with Gasteiger partial charge < -0.3 is 4.90 Å². The van der Waals surface area contributed by atoms with Crippen LogP contribution < -0.4 is 0 Å². The summed E-state index contributed by atoms with van der Waals surface area (Å²) in [5, 5.41) is 12.7. The lowest BCUT2D eigenvalue weighted by atomic mass is 10.2. The first-order valence-corrected chi connectivity index (χ1v) is 8.31. The van der Waals surface area contributed by atoms with Gasteiger partial charge >= 0.3 is 6.18 Å². The number of aliphatic imine (C=N–C) groups is 1. The summed E-state index contributed by atoms with van der Waals surface area (Å²) in [5.74, 6) is 0.128. The molecule has 0 amide bonds. The van der Waals surface area contributed by atoms with E-state index < -0.39 is 11.7 Å². The van der Waals surface area contributed by atoms with E-state index >= 15 is 0 Å². The van der Waals surface area contributed by atoms with E-state index in [0.29, 0.717) is 13.1 Å². The van der Waals surface area contributed by atoms with Crippen molar-refractivity contribution >= 4 is 35.4 Å². The van der Waals surface area contributed by atoms with Crippen LogP contribution in [0.25, 0.3) is 5.69 Å². The Morgan fingerprint density at radius 2 is 1.85 bits per heavy atom. The maximum Gasteiger partial charge on any atom is 0.416 e. The molecule has 0 radical (unpaired) electrons. The molecule has 138 valence electrons. The third-order valence-corrected chi connectivity index (χ3v) is 4.15. The molecule has 0 spiro atoms. The third-order valence-electron chi connectivity index (χ3n) is 3.58. The van der Waals surface area contributed by atoms with Gasteiger partial charge in [-0.3, -0.25) is 0 Å². The zero-order valence-electron chi connectivity index (χ0n) is 13.8. The van der Waals surface area contributed by atoms with E-state index in [1.807, 2.05) is 24.8 Å². The highest BCUT2D eigenvalue weighted by atomic mass is 35.5. The van der Waals surface area contributed by atoms with Gasteiger partial charge in [-0.25, -0.2) is 9.67 Å². The first-order chi connectivity index (χ1) is 12.2. The molecule has 1 heterocycles. The highest BCUT2D eigenvalue weighted by molar-refractivity contribution is 6.38. The molecule has 0 saturated heterocycles. The average molecular weight is 404 g/mol. The molecule has 0 atom stereocenters. The fourth-order valence-corrected chi connectivity index (χ4v) is 2.81. The Kier molecular flexibility index (Phi) is 6.16. The summed E-state index contributed by atoms with van der Waals surface area (Å²) in [5.41, 5.74) is -0.813. The predicted molar refractivity (Wildman–Crippen MR) is 94.4 cm³/mol. The Hall–Kier alpha value is -2.24. The molecule has 10 heteroatoms. The molecule has 0 saturated carbocycles. The molecule has 1 aromatic carbocycles. The Morgan fingerprint density at radius 1 is 1.27 bits per heavy atom. The summed E-state index contributed by atoms with van der Waals surface area (Å²) >= 11 is 12.1. The maximum absolute atomic E-state index is 12.9. The molecule has 0 N–H and O–H groups in total. The van der Waals surface area contributed by atoms with Gasteiger partial charge in [-0.1, -0.05) is 23.2 Å². The third kappa shape index (κ3) is 4.11. The van der Waals surface area contributed by atoms with Crippen LogP contribution in [0.3, 0.4) is 0 Å². The molecule has 0 bridgehead atoms. The fraction of sp³-hybridized carbons (Fsp3) is 0.312. The molecule has 2 rings (SSSR count). The van der Waals surface area contributed by atoms with Crippen molar-refractivity contribution in [2.45, 2.75) is 20.0 Å². The standard InChI is InChI=1S/C16H14Cl2F3N5/c1-3-25(4-2)9-23-15-10(7-22)8-24-26(15)14-12(17)5-11(6-13(14)18)16(19,20)21/h5-6,8-9H,3-4H2,1-2H3/b23-9+. The summed E-state index contributed by atoms with van der Waals surface area (Å²) in [6.45, 7) is 5.25.